The van der Waals surface area contributed by atoms with Crippen molar-refractivity contribution >= 4 is 40.8 Å². The maximum atomic E-state index is 14.0. The molecule has 0 fully saturated rings. The number of halogens is 3. The van der Waals surface area contributed by atoms with Crippen molar-refractivity contribution in [3.8, 4) is 5.75 Å². The van der Waals surface area contributed by atoms with E-state index >= 15 is 0 Å². The van der Waals surface area contributed by atoms with E-state index < -0.39 is 11.9 Å². The predicted molar refractivity (Wildman–Crippen MR) is 142 cm³/mol. The summed E-state index contributed by atoms with van der Waals surface area (Å²) in [7, 11) is 0. The molecule has 1 aromatic carbocycles. The van der Waals surface area contributed by atoms with Crippen LogP contribution in [0.1, 0.15) is 77.0 Å². The standard InChI is InChI=1S/C26H35Cl2FN4O/c1-5-7-20(9-8-16(3)6-2)32-15-19(13-30)18-12-23(26(31)33-14-18)34-17(4)24-21(27)10-11-22(29)25(24)28/h10-17,20H,5-9,30H2,1-4H3,(H2,31,33). The lowest BCUT2D eigenvalue weighted by atomic mass is 9.97. The number of pyridine rings is 1. The molecule has 0 aliphatic carbocycles. The smallest absolute Gasteiger partial charge is 0.166 e. The maximum absolute atomic E-state index is 14.0. The fourth-order valence-corrected chi connectivity index (χ4v) is 4.26. The van der Waals surface area contributed by atoms with Crippen LogP contribution >= 0.6 is 23.2 Å². The van der Waals surface area contributed by atoms with Crippen LogP contribution in [0.5, 0.6) is 5.75 Å². The monoisotopic (exact) mass is 508 g/mol. The second-order valence-corrected chi connectivity index (χ2v) is 9.34. The molecule has 4 N–H and O–H groups in total. The summed E-state index contributed by atoms with van der Waals surface area (Å²) in [4.78, 5) is 9.06. The van der Waals surface area contributed by atoms with Gasteiger partial charge in [0.2, 0.25) is 0 Å². The first kappa shape index (κ1) is 27.9. The molecule has 186 valence electrons. The second kappa shape index (κ2) is 13.5. The minimum atomic E-state index is -0.663. The van der Waals surface area contributed by atoms with Crippen LogP contribution in [0.4, 0.5) is 10.2 Å². The highest BCUT2D eigenvalue weighted by Gasteiger charge is 2.20. The van der Waals surface area contributed by atoms with Gasteiger partial charge in [0.1, 0.15) is 11.9 Å². The number of nitrogens with two attached hydrogens (primary N) is 2. The second-order valence-electron chi connectivity index (χ2n) is 8.56. The Hall–Kier alpha value is -2.31. The third-order valence-corrected chi connectivity index (χ3v) is 6.63. The summed E-state index contributed by atoms with van der Waals surface area (Å²) in [6.07, 6.45) is 9.67. The highest BCUT2D eigenvalue weighted by atomic mass is 35.5. The van der Waals surface area contributed by atoms with Crippen molar-refractivity contribution in [1.82, 2.24) is 4.98 Å². The van der Waals surface area contributed by atoms with E-state index in [0.29, 0.717) is 33.4 Å². The largest absolute Gasteiger partial charge is 0.482 e. The summed E-state index contributed by atoms with van der Waals surface area (Å²) in [5.41, 5.74) is 13.7. The predicted octanol–water partition coefficient (Wildman–Crippen LogP) is 7.62. The van der Waals surface area contributed by atoms with Crippen molar-refractivity contribution in [2.75, 3.05) is 5.73 Å². The van der Waals surface area contributed by atoms with E-state index in [-0.39, 0.29) is 16.9 Å². The summed E-state index contributed by atoms with van der Waals surface area (Å²) in [5, 5.41) is 0.215. The van der Waals surface area contributed by atoms with Crippen LogP contribution in [0.3, 0.4) is 0 Å². The molecule has 0 saturated carbocycles. The Balaban J connectivity index is 2.24. The molecule has 0 bridgehead atoms. The van der Waals surface area contributed by atoms with Gasteiger partial charge in [-0.25, -0.2) is 9.37 Å². The fourth-order valence-electron chi connectivity index (χ4n) is 3.58. The Morgan fingerprint density at radius 1 is 1.21 bits per heavy atom. The summed E-state index contributed by atoms with van der Waals surface area (Å²) in [5.74, 6) is 0.610. The minimum Gasteiger partial charge on any atom is -0.482 e. The SMILES string of the molecule is CCCC(CCC(C)CC)N=CC(=CN)c1cnc(N)c(OC(C)c2c(Cl)ccc(F)c2Cl)c1. The van der Waals surface area contributed by atoms with Crippen LogP contribution in [0.15, 0.2) is 35.6 Å². The molecule has 5 nitrogen and oxygen atoms in total. The Morgan fingerprint density at radius 2 is 1.94 bits per heavy atom. The first-order valence-corrected chi connectivity index (χ1v) is 12.5. The average Bonchev–Trinajstić information content (AvgIpc) is 2.82. The number of nitrogen functional groups attached to an aromatic ring is 1. The van der Waals surface area contributed by atoms with Gasteiger partial charge in [-0.15, -0.1) is 0 Å². The van der Waals surface area contributed by atoms with Gasteiger partial charge in [0.15, 0.2) is 11.6 Å². The molecule has 3 unspecified atom stereocenters. The van der Waals surface area contributed by atoms with Gasteiger partial charge < -0.3 is 16.2 Å². The molecule has 0 radical (unpaired) electrons. The summed E-state index contributed by atoms with van der Waals surface area (Å²) < 4.78 is 19.9. The van der Waals surface area contributed by atoms with Crippen molar-refractivity contribution in [3.05, 3.63) is 57.6 Å². The quantitative estimate of drug-likeness (QED) is 0.228. The highest BCUT2D eigenvalue weighted by molar-refractivity contribution is 6.36. The molecule has 3 atom stereocenters. The van der Waals surface area contributed by atoms with Gasteiger partial charge >= 0.3 is 0 Å². The van der Waals surface area contributed by atoms with Crippen LogP contribution in [0.25, 0.3) is 5.57 Å². The number of hydrogen-bond donors (Lipinski definition) is 2. The Morgan fingerprint density at radius 3 is 2.59 bits per heavy atom. The molecular formula is C26H35Cl2FN4O. The molecule has 2 rings (SSSR count). The lowest BCUT2D eigenvalue weighted by Crippen LogP contribution is -2.09. The molecule has 2 aromatic rings. The van der Waals surface area contributed by atoms with E-state index in [2.05, 4.69) is 25.8 Å². The van der Waals surface area contributed by atoms with Crippen molar-refractivity contribution in [3.63, 3.8) is 0 Å². The minimum absolute atomic E-state index is 0.0864. The van der Waals surface area contributed by atoms with Gasteiger partial charge in [0, 0.05) is 46.4 Å². The van der Waals surface area contributed by atoms with Gasteiger partial charge in [-0.2, -0.15) is 0 Å². The van der Waals surface area contributed by atoms with Crippen molar-refractivity contribution in [1.29, 1.82) is 0 Å². The number of ether oxygens (including phenoxy) is 1. The van der Waals surface area contributed by atoms with E-state index in [9.17, 15) is 4.39 Å². The highest BCUT2D eigenvalue weighted by Crippen LogP contribution is 2.36. The molecule has 8 heteroatoms. The zero-order valence-electron chi connectivity index (χ0n) is 20.3. The molecule has 1 aromatic heterocycles. The third kappa shape index (κ3) is 7.60. The number of allylic oxidation sites excluding steroid dienone is 1. The van der Waals surface area contributed by atoms with E-state index in [0.717, 1.165) is 25.7 Å². The number of hydrogen-bond acceptors (Lipinski definition) is 5. The number of aromatic nitrogens is 1. The molecular weight excluding hydrogens is 474 g/mol. The Labute approximate surface area is 212 Å². The number of anilines is 1. The van der Waals surface area contributed by atoms with E-state index in [4.69, 9.17) is 44.4 Å². The van der Waals surface area contributed by atoms with Crippen LogP contribution < -0.4 is 16.2 Å². The molecule has 0 amide bonds. The zero-order chi connectivity index (χ0) is 25.3. The molecule has 0 aliphatic heterocycles. The van der Waals surface area contributed by atoms with Gasteiger partial charge in [-0.1, -0.05) is 56.8 Å². The van der Waals surface area contributed by atoms with E-state index in [1.54, 1.807) is 25.4 Å². The van der Waals surface area contributed by atoms with Crippen LogP contribution in [0.2, 0.25) is 10.0 Å². The first-order chi connectivity index (χ1) is 16.2. The van der Waals surface area contributed by atoms with Gasteiger partial charge in [0.05, 0.1) is 5.02 Å². The van der Waals surface area contributed by atoms with E-state index in [1.165, 1.54) is 24.8 Å². The molecule has 34 heavy (non-hydrogen) atoms. The summed E-state index contributed by atoms with van der Waals surface area (Å²) in [6, 6.07) is 4.63. The lowest BCUT2D eigenvalue weighted by molar-refractivity contribution is 0.227. The number of aliphatic imine (C=N–C) groups is 1. The number of nitrogens with zero attached hydrogens (tertiary/aromatic N) is 2. The van der Waals surface area contributed by atoms with Crippen LogP contribution in [0, 0.1) is 11.7 Å². The van der Waals surface area contributed by atoms with Crippen LogP contribution in [-0.2, 0) is 0 Å². The molecule has 0 saturated heterocycles. The number of benzene rings is 1. The fraction of sp³-hybridized carbons (Fsp3) is 0.462. The van der Waals surface area contributed by atoms with Crippen molar-refractivity contribution < 1.29 is 9.13 Å². The summed E-state index contributed by atoms with van der Waals surface area (Å²) in [6.45, 7) is 8.36. The molecule has 1 heterocycles. The zero-order valence-corrected chi connectivity index (χ0v) is 21.8. The van der Waals surface area contributed by atoms with Crippen molar-refractivity contribution in [2.24, 2.45) is 16.6 Å². The Kier molecular flexibility index (Phi) is 11.1. The average molecular weight is 509 g/mol. The van der Waals surface area contributed by atoms with Crippen LogP contribution in [-0.4, -0.2) is 17.2 Å². The van der Waals surface area contributed by atoms with Gasteiger partial charge in [-0.05, 0) is 50.3 Å². The van der Waals surface area contributed by atoms with Gasteiger partial charge in [-0.3, -0.25) is 4.99 Å². The topological polar surface area (TPSA) is 86.5 Å². The first-order valence-electron chi connectivity index (χ1n) is 11.7. The van der Waals surface area contributed by atoms with Crippen molar-refractivity contribution in [2.45, 2.75) is 71.9 Å². The summed E-state index contributed by atoms with van der Waals surface area (Å²) >= 11 is 12.4. The van der Waals surface area contributed by atoms with Gasteiger partial charge in [0.25, 0.3) is 0 Å². The molecule has 0 spiro atoms. The molecule has 0 aliphatic rings. The normalized spacial score (nSPS) is 14.9. The Bertz CT molecular complexity index is 1010. The van der Waals surface area contributed by atoms with E-state index in [1.807, 2.05) is 0 Å². The maximum Gasteiger partial charge on any atom is 0.166 e. The number of rotatable bonds is 12. The third-order valence-electron chi connectivity index (χ3n) is 5.92. The lowest BCUT2D eigenvalue weighted by Gasteiger charge is -2.19.